The van der Waals surface area contributed by atoms with Crippen molar-refractivity contribution in [2.45, 2.75) is 325 Å². The van der Waals surface area contributed by atoms with Crippen LogP contribution in [0.5, 0.6) is 0 Å². The van der Waals surface area contributed by atoms with Gasteiger partial charge < -0.3 is 0 Å². The van der Waals surface area contributed by atoms with Crippen LogP contribution in [-0.4, -0.2) is 134 Å². The molecule has 2 aromatic rings. The van der Waals surface area contributed by atoms with Crippen LogP contribution in [-0.2, 0) is 0 Å². The second-order valence-electron chi connectivity index (χ2n) is 28.7. The quantitative estimate of drug-likeness (QED) is 0.223. The van der Waals surface area contributed by atoms with E-state index in [1.165, 1.54) is 141 Å². The first kappa shape index (κ1) is 45.9. The molecule has 16 rings (SSSR count). The Bertz CT molecular complexity index is 2350. The maximum absolute atomic E-state index is 3.63. The molecule has 13 fully saturated rings. The summed E-state index contributed by atoms with van der Waals surface area (Å²) in [4.78, 5) is 19.5. The van der Waals surface area contributed by atoms with E-state index >= 15 is 0 Å². The largest absolute Gasteiger partial charge is 0.292 e. The van der Waals surface area contributed by atoms with Crippen molar-refractivity contribution in [1.82, 2.24) is 24.5 Å². The van der Waals surface area contributed by atoms with Crippen molar-refractivity contribution in [3.8, 4) is 0 Å². The van der Waals surface area contributed by atoms with Gasteiger partial charge in [0.2, 0.25) is 6.71 Å². The maximum atomic E-state index is 3.63. The highest BCUT2D eigenvalue weighted by Gasteiger charge is 2.78. The van der Waals surface area contributed by atoms with Crippen molar-refractivity contribution >= 4 is 36.1 Å². The van der Waals surface area contributed by atoms with Gasteiger partial charge in [-0.25, -0.2) is 0 Å². The Morgan fingerprint density at radius 3 is 1.34 bits per heavy atom. The van der Waals surface area contributed by atoms with E-state index in [-0.39, 0.29) is 0 Å². The Balaban J connectivity index is 0.914. The number of fused-ring (bicyclic) bond motifs is 20. The highest BCUT2D eigenvalue weighted by molar-refractivity contribution is 8.00. The summed E-state index contributed by atoms with van der Waals surface area (Å²) in [7, 11) is 0. The van der Waals surface area contributed by atoms with Crippen LogP contribution in [0.15, 0.2) is 41.3 Å². The topological polar surface area (TPSA) is 16.2 Å². The second kappa shape index (κ2) is 17.1. The van der Waals surface area contributed by atoms with Crippen LogP contribution in [0.2, 0.25) is 23.3 Å². The average Bonchev–Trinajstić information content (AvgIpc) is 3.41. The SMILES string of the molecule is CC(C)c1cc(C(C)C)c(B2c3ccccc3SC3CC4C(CC23)B2C3CCCCC3N3C5CCCCC5N5C6CCCCC6N6C7CCCCC7N7C8CCCCC8N4C4C2C3C5C6C47)c(C(C)C)c1. The molecule has 0 amide bonds. The lowest BCUT2D eigenvalue weighted by molar-refractivity contribution is -0.287. The van der Waals surface area contributed by atoms with Crippen LogP contribution < -0.4 is 10.9 Å². The minimum Gasteiger partial charge on any atom is -0.292 e. The molecule has 380 valence electrons. The van der Waals surface area contributed by atoms with E-state index < -0.39 is 0 Å². The van der Waals surface area contributed by atoms with E-state index in [1.807, 2.05) is 0 Å². The fraction of sp³-hybridized carbons (Fsp3) is 0.810. The Hall–Kier alpha value is -1.28. The molecule has 7 saturated carbocycles. The van der Waals surface area contributed by atoms with Crippen molar-refractivity contribution in [2.75, 3.05) is 0 Å². The molecule has 7 heterocycles. The van der Waals surface area contributed by atoms with Crippen LogP contribution in [0, 0.1) is 0 Å². The molecule has 6 saturated heterocycles. The molecule has 20 atom stereocenters. The van der Waals surface area contributed by atoms with Gasteiger partial charge in [0.05, 0.1) is 0 Å². The molecule has 7 aliphatic heterocycles. The molecular weight excluding hydrogens is 880 g/mol. The molecule has 0 spiro atoms. The minimum atomic E-state index is 0.495. The molecule has 2 aromatic carbocycles. The lowest BCUT2D eigenvalue weighted by atomic mass is 9.16. The monoisotopic (exact) mass is 972 g/mol. The summed E-state index contributed by atoms with van der Waals surface area (Å²) in [5.74, 6) is 4.85. The summed E-state index contributed by atoms with van der Waals surface area (Å²) in [6, 6.07) is 27.2. The molecule has 71 heavy (non-hydrogen) atoms. The highest BCUT2D eigenvalue weighted by atomic mass is 32.2. The smallest absolute Gasteiger partial charge is 0.215 e. The van der Waals surface area contributed by atoms with Crippen molar-refractivity contribution in [2.24, 2.45) is 0 Å². The molecule has 5 nitrogen and oxygen atoms in total. The van der Waals surface area contributed by atoms with Crippen LogP contribution in [0.3, 0.4) is 0 Å². The maximum Gasteiger partial charge on any atom is 0.215 e. The van der Waals surface area contributed by atoms with Gasteiger partial charge in [-0.1, -0.05) is 160 Å². The van der Waals surface area contributed by atoms with Crippen molar-refractivity contribution < 1.29 is 0 Å². The fourth-order valence-electron chi connectivity index (χ4n) is 23.4. The summed E-state index contributed by atoms with van der Waals surface area (Å²) >= 11 is 2.39. The third-order valence-electron chi connectivity index (χ3n) is 25.2. The first-order valence-electron chi connectivity index (χ1n) is 31.6. The van der Waals surface area contributed by atoms with Gasteiger partial charge in [0.15, 0.2) is 6.71 Å². The Kier molecular flexibility index (Phi) is 11.1. The number of piperazine rings is 4. The lowest BCUT2D eigenvalue weighted by Gasteiger charge is -2.83. The van der Waals surface area contributed by atoms with E-state index in [2.05, 4.69) is 114 Å². The zero-order chi connectivity index (χ0) is 47.3. The number of nitrogens with zero attached hydrogens (tertiary/aromatic N) is 5. The van der Waals surface area contributed by atoms with Crippen LogP contribution in [0.1, 0.15) is 217 Å². The Morgan fingerprint density at radius 1 is 0.437 bits per heavy atom. The van der Waals surface area contributed by atoms with Gasteiger partial charge in [-0.2, -0.15) is 0 Å². The van der Waals surface area contributed by atoms with E-state index in [0.29, 0.717) is 35.5 Å². The summed E-state index contributed by atoms with van der Waals surface area (Å²) < 4.78 is 0. The molecule has 7 aliphatic carbocycles. The molecule has 0 aromatic heterocycles. The third kappa shape index (κ3) is 6.28. The summed E-state index contributed by atoms with van der Waals surface area (Å²) in [5, 5.41) is 0.688. The number of thioether (sulfide) groups is 1. The molecular formula is C63H91B2N5S. The summed E-state index contributed by atoms with van der Waals surface area (Å²) in [6.45, 7) is 16.4. The van der Waals surface area contributed by atoms with Gasteiger partial charge in [0, 0.05) is 101 Å². The first-order valence-corrected chi connectivity index (χ1v) is 32.5. The minimum absolute atomic E-state index is 0.495. The predicted molar refractivity (Wildman–Crippen MR) is 298 cm³/mol. The Morgan fingerprint density at radius 2 is 0.859 bits per heavy atom. The fourth-order valence-corrected chi connectivity index (χ4v) is 24.9. The molecule has 0 radical (unpaired) electrons. The van der Waals surface area contributed by atoms with E-state index in [0.717, 1.165) is 115 Å². The predicted octanol–water partition coefficient (Wildman–Crippen LogP) is 11.9. The summed E-state index contributed by atoms with van der Waals surface area (Å²) in [6.07, 6.45) is 32.7. The van der Waals surface area contributed by atoms with E-state index in [4.69, 9.17) is 0 Å². The number of hydrogen-bond acceptors (Lipinski definition) is 6. The second-order valence-corrected chi connectivity index (χ2v) is 29.9. The summed E-state index contributed by atoms with van der Waals surface area (Å²) in [5.41, 5.74) is 8.40. The van der Waals surface area contributed by atoms with Crippen LogP contribution in [0.25, 0.3) is 0 Å². The first-order chi connectivity index (χ1) is 34.8. The van der Waals surface area contributed by atoms with Gasteiger partial charge in [-0.15, -0.1) is 11.8 Å². The van der Waals surface area contributed by atoms with Crippen molar-refractivity contribution in [3.63, 3.8) is 0 Å². The van der Waals surface area contributed by atoms with Gasteiger partial charge in [0.25, 0.3) is 0 Å². The molecule has 8 heteroatoms. The molecule has 14 aliphatic rings. The van der Waals surface area contributed by atoms with E-state index in [1.54, 1.807) is 32.5 Å². The zero-order valence-corrected chi connectivity index (χ0v) is 45.9. The van der Waals surface area contributed by atoms with Gasteiger partial charge in [-0.05, 0) is 128 Å². The van der Waals surface area contributed by atoms with Gasteiger partial charge in [0.1, 0.15) is 0 Å². The highest BCUT2D eigenvalue weighted by Crippen LogP contribution is 2.70. The molecule has 0 bridgehead atoms. The average molecular weight is 972 g/mol. The number of hydrogen-bond donors (Lipinski definition) is 0. The number of rotatable bonds is 4. The lowest BCUT2D eigenvalue weighted by Crippen LogP contribution is -2.96. The zero-order valence-electron chi connectivity index (χ0n) is 45.1. The van der Waals surface area contributed by atoms with Gasteiger partial charge in [-0.3, -0.25) is 24.5 Å². The normalized spacial score (nSPS) is 46.6. The van der Waals surface area contributed by atoms with Gasteiger partial charge >= 0.3 is 0 Å². The van der Waals surface area contributed by atoms with Crippen molar-refractivity contribution in [1.29, 1.82) is 0 Å². The molecule has 0 N–H and O–H groups in total. The third-order valence-corrected chi connectivity index (χ3v) is 26.6. The van der Waals surface area contributed by atoms with E-state index in [9.17, 15) is 0 Å². The Labute approximate surface area is 436 Å². The van der Waals surface area contributed by atoms with Crippen molar-refractivity contribution in [3.05, 3.63) is 53.1 Å². The standard InChI is InChI=1S/C63H91B2N5S/c1-35(2)38-31-39(36(3)4)57(40(32-38)37(5)6)65-42-20-8-18-30-55(42)71-56-34-54-43(33-44(56)65)64-41-19-7-9-21-45(41)66-46-22-10-11-23-47(46)67-48-24-12-14-26-50(48)69-51-27-15-13-25-49(51)68-52-28-16-17-29-53(52)70(54)60-58(64)59(66)61(67)63(69)62(60)68/h8,18,20,30-32,35-37,41,43-54,56,58-63H,7,9-17,19,21-29,33-34H2,1-6H3. The number of benzene rings is 2. The van der Waals surface area contributed by atoms with Crippen LogP contribution >= 0.6 is 11.8 Å². The molecule has 20 unspecified atom stereocenters. The van der Waals surface area contributed by atoms with Crippen LogP contribution in [0.4, 0.5) is 0 Å².